The van der Waals surface area contributed by atoms with Gasteiger partial charge in [0.15, 0.2) is 0 Å². The van der Waals surface area contributed by atoms with Gasteiger partial charge >= 0.3 is 0 Å². The Bertz CT molecular complexity index is 954. The van der Waals surface area contributed by atoms with Crippen LogP contribution in [0.1, 0.15) is 30.5 Å². The number of rotatable bonds is 5. The molecule has 4 heterocycles. The number of anilines is 1. The van der Waals surface area contributed by atoms with Crippen LogP contribution in [0.4, 0.5) is 5.13 Å². The average Bonchev–Trinajstić information content (AvgIpc) is 3.04. The summed E-state index contributed by atoms with van der Waals surface area (Å²) >= 11 is 1.48. The minimum Gasteiger partial charge on any atom is -0.423 e. The van der Waals surface area contributed by atoms with Crippen molar-refractivity contribution < 1.29 is 4.42 Å². The summed E-state index contributed by atoms with van der Waals surface area (Å²) in [5, 5.41) is 16.6. The number of imidazole rings is 1. The molecule has 0 spiro atoms. The molecule has 0 unspecified atom stereocenters. The van der Waals surface area contributed by atoms with Crippen molar-refractivity contribution in [1.82, 2.24) is 29.8 Å². The highest BCUT2D eigenvalue weighted by Gasteiger charge is 2.29. The van der Waals surface area contributed by atoms with Gasteiger partial charge in [0.05, 0.1) is 18.4 Å². The highest BCUT2D eigenvalue weighted by atomic mass is 32.1. The molecule has 5 rings (SSSR count). The lowest BCUT2D eigenvalue weighted by Gasteiger charge is -1.96. The van der Waals surface area contributed by atoms with E-state index in [-0.39, 0.29) is 0 Å². The van der Waals surface area contributed by atoms with E-state index in [1.54, 1.807) is 16.9 Å². The van der Waals surface area contributed by atoms with E-state index in [9.17, 15) is 0 Å². The minimum atomic E-state index is 0.464. The molecule has 8 nitrogen and oxygen atoms in total. The molecule has 4 aromatic rings. The third-order valence-corrected chi connectivity index (χ3v) is 4.68. The summed E-state index contributed by atoms with van der Waals surface area (Å²) in [5.41, 5.74) is 1.84. The van der Waals surface area contributed by atoms with Crippen LogP contribution in [0.2, 0.25) is 0 Å². The molecular formula is C15H13N7OS. The minimum absolute atomic E-state index is 0.464. The fourth-order valence-electron chi connectivity index (χ4n) is 2.41. The maximum Gasteiger partial charge on any atom is 0.235 e. The van der Waals surface area contributed by atoms with Gasteiger partial charge in [0.25, 0.3) is 0 Å². The quantitative estimate of drug-likeness (QED) is 0.597. The highest BCUT2D eigenvalue weighted by molar-refractivity contribution is 7.20. The lowest BCUT2D eigenvalue weighted by atomic mass is 10.2. The number of hydrogen-bond acceptors (Lipinski definition) is 8. The van der Waals surface area contributed by atoms with Crippen LogP contribution in [0.15, 0.2) is 35.1 Å². The van der Waals surface area contributed by atoms with E-state index in [4.69, 9.17) is 4.42 Å². The molecule has 1 aliphatic carbocycles. The van der Waals surface area contributed by atoms with Gasteiger partial charge in [-0.05, 0) is 25.0 Å². The van der Waals surface area contributed by atoms with Gasteiger partial charge in [-0.25, -0.2) is 9.50 Å². The van der Waals surface area contributed by atoms with Crippen molar-refractivity contribution in [2.45, 2.75) is 25.3 Å². The topological polar surface area (TPSA) is 94.0 Å². The van der Waals surface area contributed by atoms with Crippen molar-refractivity contribution in [3.05, 3.63) is 42.5 Å². The first kappa shape index (κ1) is 13.6. The van der Waals surface area contributed by atoms with Crippen LogP contribution < -0.4 is 5.32 Å². The van der Waals surface area contributed by atoms with Gasteiger partial charge in [-0.1, -0.05) is 11.3 Å². The van der Waals surface area contributed by atoms with E-state index in [0.717, 1.165) is 40.1 Å². The van der Waals surface area contributed by atoms with Gasteiger partial charge in [0.2, 0.25) is 21.9 Å². The van der Waals surface area contributed by atoms with E-state index in [2.05, 4.69) is 30.6 Å². The summed E-state index contributed by atoms with van der Waals surface area (Å²) in [6.07, 6.45) is 7.73. The maximum atomic E-state index is 5.62. The van der Waals surface area contributed by atoms with Crippen molar-refractivity contribution in [1.29, 1.82) is 0 Å². The number of aromatic nitrogens is 6. The standard InChI is InChI=1S/C15H13N7OS/c1-2-10(6-16-5-1)11-8-22-15(18-11)24-14(21-22)17-7-12-19-20-13(23-12)9-3-4-9/h1-2,5-6,8-9H,3-4,7H2,(H,17,21). The van der Waals surface area contributed by atoms with Crippen LogP contribution in [-0.4, -0.2) is 29.8 Å². The average molecular weight is 339 g/mol. The van der Waals surface area contributed by atoms with Crippen molar-refractivity contribution >= 4 is 21.4 Å². The summed E-state index contributed by atoms with van der Waals surface area (Å²) in [6.45, 7) is 0.464. The molecule has 4 aromatic heterocycles. The SMILES string of the molecule is c1cncc(-c2cn3nc(NCc4nnc(C5CC5)o4)sc3n2)c1. The molecule has 1 saturated carbocycles. The molecule has 1 fully saturated rings. The molecule has 0 aromatic carbocycles. The zero-order valence-corrected chi connectivity index (χ0v) is 13.4. The second kappa shape index (κ2) is 5.38. The zero-order valence-electron chi connectivity index (χ0n) is 12.6. The Labute approximate surface area is 140 Å². The van der Waals surface area contributed by atoms with Crippen molar-refractivity contribution in [2.24, 2.45) is 0 Å². The van der Waals surface area contributed by atoms with Crippen LogP contribution in [0.5, 0.6) is 0 Å². The summed E-state index contributed by atoms with van der Waals surface area (Å²) in [7, 11) is 0. The number of hydrogen-bond donors (Lipinski definition) is 1. The third kappa shape index (κ3) is 2.52. The smallest absolute Gasteiger partial charge is 0.235 e. The van der Waals surface area contributed by atoms with Gasteiger partial charge in [-0.2, -0.15) is 0 Å². The maximum absolute atomic E-state index is 5.62. The van der Waals surface area contributed by atoms with Crippen LogP contribution in [0, 0.1) is 0 Å². The van der Waals surface area contributed by atoms with E-state index < -0.39 is 0 Å². The van der Waals surface area contributed by atoms with Crippen LogP contribution in [0.3, 0.4) is 0 Å². The number of nitrogens with zero attached hydrogens (tertiary/aromatic N) is 6. The predicted molar refractivity (Wildman–Crippen MR) is 87.7 cm³/mol. The fraction of sp³-hybridized carbons (Fsp3) is 0.267. The monoisotopic (exact) mass is 339 g/mol. The molecule has 24 heavy (non-hydrogen) atoms. The van der Waals surface area contributed by atoms with Crippen LogP contribution >= 0.6 is 11.3 Å². The zero-order chi connectivity index (χ0) is 15.9. The molecule has 0 saturated heterocycles. The van der Waals surface area contributed by atoms with Crippen LogP contribution in [-0.2, 0) is 6.54 Å². The molecule has 0 amide bonds. The Morgan fingerprint density at radius 3 is 3.08 bits per heavy atom. The Morgan fingerprint density at radius 2 is 2.29 bits per heavy atom. The van der Waals surface area contributed by atoms with Crippen molar-refractivity contribution in [3.63, 3.8) is 0 Å². The Balaban J connectivity index is 1.31. The Morgan fingerprint density at radius 1 is 1.33 bits per heavy atom. The fourth-order valence-corrected chi connectivity index (χ4v) is 3.19. The highest BCUT2D eigenvalue weighted by Crippen LogP contribution is 2.39. The molecule has 1 N–H and O–H groups in total. The normalized spacial score (nSPS) is 14.3. The molecule has 0 atom stereocenters. The third-order valence-electron chi connectivity index (χ3n) is 3.80. The van der Waals surface area contributed by atoms with Gasteiger partial charge in [-0.15, -0.1) is 15.3 Å². The van der Waals surface area contributed by atoms with Crippen molar-refractivity contribution in [2.75, 3.05) is 5.32 Å². The van der Waals surface area contributed by atoms with Gasteiger partial charge in [0, 0.05) is 23.9 Å². The Kier molecular flexibility index (Phi) is 3.05. The second-order valence-electron chi connectivity index (χ2n) is 5.66. The lowest BCUT2D eigenvalue weighted by molar-refractivity contribution is 0.457. The van der Waals surface area contributed by atoms with Gasteiger partial charge in [-0.3, -0.25) is 4.98 Å². The molecule has 0 radical (unpaired) electrons. The molecular weight excluding hydrogens is 326 g/mol. The Hall–Kier alpha value is -2.81. The first-order valence-corrected chi connectivity index (χ1v) is 8.49. The van der Waals surface area contributed by atoms with Gasteiger partial charge < -0.3 is 9.73 Å². The van der Waals surface area contributed by atoms with E-state index >= 15 is 0 Å². The number of pyridine rings is 1. The predicted octanol–water partition coefficient (Wildman–Crippen LogP) is 2.73. The molecule has 0 bridgehead atoms. The van der Waals surface area contributed by atoms with Crippen LogP contribution in [0.25, 0.3) is 16.2 Å². The molecule has 1 aliphatic rings. The second-order valence-corrected chi connectivity index (χ2v) is 6.62. The van der Waals surface area contributed by atoms with E-state index in [1.165, 1.54) is 11.3 Å². The summed E-state index contributed by atoms with van der Waals surface area (Å²) in [6, 6.07) is 3.87. The number of nitrogens with one attached hydrogen (secondary N) is 1. The lowest BCUT2D eigenvalue weighted by Crippen LogP contribution is -1.99. The summed E-state index contributed by atoms with van der Waals surface area (Å²) in [4.78, 5) is 9.51. The summed E-state index contributed by atoms with van der Waals surface area (Å²) in [5.74, 6) is 1.81. The first-order valence-electron chi connectivity index (χ1n) is 7.68. The molecule has 120 valence electrons. The molecule has 9 heteroatoms. The first-order chi connectivity index (χ1) is 11.8. The van der Waals surface area contributed by atoms with E-state index in [0.29, 0.717) is 18.4 Å². The van der Waals surface area contributed by atoms with Gasteiger partial charge in [0.1, 0.15) is 0 Å². The number of fused-ring (bicyclic) bond motifs is 1. The molecule has 0 aliphatic heterocycles. The van der Waals surface area contributed by atoms with Crippen molar-refractivity contribution in [3.8, 4) is 11.3 Å². The summed E-state index contributed by atoms with van der Waals surface area (Å²) < 4.78 is 7.39. The largest absolute Gasteiger partial charge is 0.423 e. The van der Waals surface area contributed by atoms with E-state index in [1.807, 2.05) is 18.3 Å².